The highest BCUT2D eigenvalue weighted by atomic mass is 35.5. The van der Waals surface area contributed by atoms with E-state index < -0.39 is 5.97 Å². The molecule has 0 bridgehead atoms. The monoisotopic (exact) mass is 459 g/mol. The second-order valence-corrected chi connectivity index (χ2v) is 8.07. The molecule has 0 unspecified atom stereocenters. The number of fused-ring (bicyclic) bond motifs is 1. The largest absolute Gasteiger partial charge is 0.492 e. The van der Waals surface area contributed by atoms with Crippen LogP contribution in [0.1, 0.15) is 56.6 Å². The molecule has 3 aromatic rings. The third kappa shape index (κ3) is 5.88. The number of aliphatic carboxylic acids is 1. The van der Waals surface area contributed by atoms with Crippen molar-refractivity contribution in [1.29, 1.82) is 0 Å². The molecule has 0 saturated carbocycles. The van der Waals surface area contributed by atoms with E-state index in [0.29, 0.717) is 48.4 Å². The number of aryl methyl sites for hydroxylation is 3. The number of aromatic nitrogens is 4. The minimum Gasteiger partial charge on any atom is -0.492 e. The highest BCUT2D eigenvalue weighted by molar-refractivity contribution is 6.32. The van der Waals surface area contributed by atoms with Gasteiger partial charge in [-0.15, -0.1) is 0 Å². The predicted octanol–water partition coefficient (Wildman–Crippen LogP) is 4.78. The van der Waals surface area contributed by atoms with Gasteiger partial charge in [0.2, 0.25) is 0 Å². The fourth-order valence-electron chi connectivity index (χ4n) is 3.60. The van der Waals surface area contributed by atoms with Crippen LogP contribution in [0.15, 0.2) is 18.2 Å². The van der Waals surface area contributed by atoms with Crippen molar-refractivity contribution < 1.29 is 14.6 Å². The summed E-state index contributed by atoms with van der Waals surface area (Å²) in [6, 6.07) is 5.73. The molecular formula is C23H30ClN5O3. The van der Waals surface area contributed by atoms with Gasteiger partial charge in [-0.25, -0.2) is 9.97 Å². The number of rotatable bonds is 12. The van der Waals surface area contributed by atoms with Crippen LogP contribution in [-0.2, 0) is 31.2 Å². The molecule has 8 nitrogen and oxygen atoms in total. The normalized spacial score (nSPS) is 11.1. The van der Waals surface area contributed by atoms with E-state index in [1.165, 1.54) is 0 Å². The molecule has 32 heavy (non-hydrogen) atoms. The third-order valence-electron chi connectivity index (χ3n) is 5.08. The second-order valence-electron chi connectivity index (χ2n) is 7.66. The van der Waals surface area contributed by atoms with Gasteiger partial charge in [-0.3, -0.25) is 9.48 Å². The first-order valence-electron chi connectivity index (χ1n) is 11.0. The maximum Gasteiger partial charge on any atom is 0.303 e. The van der Waals surface area contributed by atoms with Crippen LogP contribution in [0, 0.1) is 0 Å². The molecule has 0 fully saturated rings. The van der Waals surface area contributed by atoms with Crippen LogP contribution in [0.25, 0.3) is 11.0 Å². The lowest BCUT2D eigenvalue weighted by Crippen LogP contribution is -2.08. The number of carboxylic acid groups (broad SMARTS) is 1. The number of benzene rings is 1. The Labute approximate surface area is 193 Å². The minimum atomic E-state index is -0.782. The van der Waals surface area contributed by atoms with Crippen molar-refractivity contribution in [3.8, 4) is 5.75 Å². The lowest BCUT2D eigenvalue weighted by molar-refractivity contribution is -0.137. The van der Waals surface area contributed by atoms with Crippen LogP contribution in [0.3, 0.4) is 0 Å². The van der Waals surface area contributed by atoms with E-state index in [-0.39, 0.29) is 6.42 Å². The first kappa shape index (κ1) is 23.8. The number of ether oxygens (including phenoxy) is 1. The fourth-order valence-corrected chi connectivity index (χ4v) is 3.86. The Kier molecular flexibility index (Phi) is 8.27. The van der Waals surface area contributed by atoms with Crippen molar-refractivity contribution in [2.45, 2.75) is 58.9 Å². The van der Waals surface area contributed by atoms with Crippen LogP contribution in [0.2, 0.25) is 5.02 Å². The predicted molar refractivity (Wildman–Crippen MR) is 125 cm³/mol. The van der Waals surface area contributed by atoms with Gasteiger partial charge >= 0.3 is 5.97 Å². The molecule has 0 amide bonds. The molecule has 0 aliphatic heterocycles. The second kappa shape index (κ2) is 11.1. The van der Waals surface area contributed by atoms with Gasteiger partial charge in [0.05, 0.1) is 17.3 Å². The number of carboxylic acids is 1. The SMILES string of the molecule is CCCc1nn(C)c2c(NCc3ccc(OCC)c(Cl)c3)nc(CCCCC(=O)O)nc12. The topological polar surface area (TPSA) is 102 Å². The summed E-state index contributed by atoms with van der Waals surface area (Å²) < 4.78 is 7.33. The highest BCUT2D eigenvalue weighted by Crippen LogP contribution is 2.28. The Morgan fingerprint density at radius 3 is 2.72 bits per heavy atom. The van der Waals surface area contributed by atoms with Crippen LogP contribution >= 0.6 is 11.6 Å². The van der Waals surface area contributed by atoms with Crippen molar-refractivity contribution in [2.75, 3.05) is 11.9 Å². The summed E-state index contributed by atoms with van der Waals surface area (Å²) in [6.45, 7) is 5.13. The first-order chi connectivity index (χ1) is 15.4. The molecule has 0 atom stereocenters. The lowest BCUT2D eigenvalue weighted by Gasteiger charge is -2.12. The number of unbranched alkanes of at least 4 members (excludes halogenated alkanes) is 1. The van der Waals surface area contributed by atoms with Gasteiger partial charge in [-0.05, 0) is 43.9 Å². The van der Waals surface area contributed by atoms with Crippen molar-refractivity contribution in [2.24, 2.45) is 7.05 Å². The maximum absolute atomic E-state index is 10.8. The van der Waals surface area contributed by atoms with E-state index in [2.05, 4.69) is 17.3 Å². The standard InChI is InChI=1S/C23H30ClN5O3/c1-4-8-17-21-22(29(3)28-17)23(27-19(26-21)9-6-7-10-20(30)31)25-14-15-11-12-18(32-5-2)16(24)13-15/h11-13H,4-10,14H2,1-3H3,(H,30,31)(H,25,26,27). The van der Waals surface area contributed by atoms with Crippen molar-refractivity contribution in [3.63, 3.8) is 0 Å². The molecule has 2 heterocycles. The van der Waals surface area contributed by atoms with Crippen molar-refractivity contribution in [1.82, 2.24) is 19.7 Å². The van der Waals surface area contributed by atoms with E-state index in [9.17, 15) is 4.79 Å². The molecule has 2 aromatic heterocycles. The molecule has 3 rings (SSSR count). The van der Waals surface area contributed by atoms with Gasteiger partial charge in [-0.1, -0.05) is 31.0 Å². The van der Waals surface area contributed by atoms with E-state index >= 15 is 0 Å². The van der Waals surface area contributed by atoms with Gasteiger partial charge in [0, 0.05) is 26.4 Å². The maximum atomic E-state index is 10.8. The Hall–Kier alpha value is -2.87. The van der Waals surface area contributed by atoms with E-state index in [4.69, 9.17) is 31.4 Å². The molecule has 0 aliphatic rings. The first-order valence-corrected chi connectivity index (χ1v) is 11.4. The zero-order chi connectivity index (χ0) is 23.1. The zero-order valence-corrected chi connectivity index (χ0v) is 19.6. The summed E-state index contributed by atoms with van der Waals surface area (Å²) in [6.07, 6.45) is 3.89. The van der Waals surface area contributed by atoms with E-state index in [0.717, 1.165) is 41.6 Å². The van der Waals surface area contributed by atoms with Gasteiger partial charge in [0.1, 0.15) is 22.6 Å². The third-order valence-corrected chi connectivity index (χ3v) is 5.38. The number of hydrogen-bond acceptors (Lipinski definition) is 6. The van der Waals surface area contributed by atoms with Gasteiger partial charge in [0.15, 0.2) is 5.82 Å². The van der Waals surface area contributed by atoms with Gasteiger partial charge < -0.3 is 15.2 Å². The lowest BCUT2D eigenvalue weighted by atomic mass is 10.1. The summed E-state index contributed by atoms with van der Waals surface area (Å²) in [5.74, 6) is 1.29. The van der Waals surface area contributed by atoms with Crippen molar-refractivity contribution in [3.05, 3.63) is 40.3 Å². The highest BCUT2D eigenvalue weighted by Gasteiger charge is 2.17. The molecule has 0 radical (unpaired) electrons. The zero-order valence-electron chi connectivity index (χ0n) is 18.8. The molecule has 172 valence electrons. The summed E-state index contributed by atoms with van der Waals surface area (Å²) in [5.41, 5.74) is 3.67. The number of anilines is 1. The summed E-state index contributed by atoms with van der Waals surface area (Å²) in [7, 11) is 1.90. The van der Waals surface area contributed by atoms with Crippen LogP contribution in [-0.4, -0.2) is 37.4 Å². The van der Waals surface area contributed by atoms with Crippen molar-refractivity contribution >= 4 is 34.4 Å². The van der Waals surface area contributed by atoms with Gasteiger partial charge in [-0.2, -0.15) is 5.10 Å². The molecule has 0 saturated heterocycles. The Morgan fingerprint density at radius 1 is 1.22 bits per heavy atom. The van der Waals surface area contributed by atoms with E-state index in [1.54, 1.807) is 0 Å². The summed E-state index contributed by atoms with van der Waals surface area (Å²) in [5, 5.41) is 17.5. The minimum absolute atomic E-state index is 0.153. The fraction of sp³-hybridized carbons (Fsp3) is 0.478. The molecule has 1 aromatic carbocycles. The molecular weight excluding hydrogens is 430 g/mol. The Morgan fingerprint density at radius 2 is 2.03 bits per heavy atom. The molecule has 0 spiro atoms. The van der Waals surface area contributed by atoms with E-state index in [1.807, 2.05) is 36.9 Å². The number of carbonyl (C=O) groups is 1. The number of nitrogens with one attached hydrogen (secondary N) is 1. The Balaban J connectivity index is 1.86. The van der Waals surface area contributed by atoms with Crippen LogP contribution in [0.4, 0.5) is 5.82 Å². The molecule has 2 N–H and O–H groups in total. The summed E-state index contributed by atoms with van der Waals surface area (Å²) in [4.78, 5) is 20.3. The van der Waals surface area contributed by atoms with Crippen LogP contribution < -0.4 is 10.1 Å². The number of halogens is 1. The Bertz CT molecular complexity index is 1080. The average Bonchev–Trinajstić information content (AvgIpc) is 3.07. The number of nitrogens with zero attached hydrogens (tertiary/aromatic N) is 4. The average molecular weight is 460 g/mol. The van der Waals surface area contributed by atoms with Gasteiger partial charge in [0.25, 0.3) is 0 Å². The smallest absolute Gasteiger partial charge is 0.303 e. The quantitative estimate of drug-likeness (QED) is 0.376. The molecule has 9 heteroatoms. The number of hydrogen-bond donors (Lipinski definition) is 2. The molecule has 0 aliphatic carbocycles. The summed E-state index contributed by atoms with van der Waals surface area (Å²) >= 11 is 6.33. The van der Waals surface area contributed by atoms with Crippen LogP contribution in [0.5, 0.6) is 5.75 Å².